The van der Waals surface area contributed by atoms with Gasteiger partial charge in [-0.15, -0.1) is 0 Å². The molecule has 0 radical (unpaired) electrons. The molecule has 0 aromatic heterocycles. The first kappa shape index (κ1) is 14.7. The Kier molecular flexibility index (Phi) is 4.91. The first-order valence-corrected chi connectivity index (χ1v) is 6.34. The van der Waals surface area contributed by atoms with Gasteiger partial charge >= 0.3 is 0 Å². The Morgan fingerprint density at radius 2 is 1.78 bits per heavy atom. The van der Waals surface area contributed by atoms with E-state index in [0.717, 1.165) is 11.1 Å². The Hall–Kier alpha value is -1.35. The molecular weight excluding hydrogens is 224 g/mol. The smallest absolute Gasteiger partial charge is 0.223 e. The van der Waals surface area contributed by atoms with Crippen molar-refractivity contribution in [1.82, 2.24) is 4.90 Å². The van der Waals surface area contributed by atoms with E-state index in [1.807, 2.05) is 31.3 Å². The monoisotopic (exact) mass is 248 g/mol. The SMILES string of the molecule is CN(Cc1ccccc1CN)C(=O)CC(C)(C)C. The lowest BCUT2D eigenvalue weighted by molar-refractivity contribution is -0.132. The van der Waals surface area contributed by atoms with Crippen molar-refractivity contribution < 1.29 is 4.79 Å². The lowest BCUT2D eigenvalue weighted by Crippen LogP contribution is -2.30. The second-order valence-electron chi connectivity index (χ2n) is 5.96. The summed E-state index contributed by atoms with van der Waals surface area (Å²) < 4.78 is 0. The van der Waals surface area contributed by atoms with Gasteiger partial charge in [0.15, 0.2) is 0 Å². The maximum atomic E-state index is 12.1. The van der Waals surface area contributed by atoms with Crippen molar-refractivity contribution in [1.29, 1.82) is 0 Å². The van der Waals surface area contributed by atoms with Crippen LogP contribution in [-0.2, 0) is 17.9 Å². The van der Waals surface area contributed by atoms with E-state index in [9.17, 15) is 4.79 Å². The van der Waals surface area contributed by atoms with Crippen LogP contribution in [0.2, 0.25) is 0 Å². The molecule has 1 amide bonds. The molecule has 0 aliphatic rings. The molecule has 100 valence electrons. The fourth-order valence-corrected chi connectivity index (χ4v) is 1.84. The van der Waals surface area contributed by atoms with E-state index in [4.69, 9.17) is 5.73 Å². The van der Waals surface area contributed by atoms with E-state index in [0.29, 0.717) is 19.5 Å². The van der Waals surface area contributed by atoms with Crippen LogP contribution in [0.25, 0.3) is 0 Å². The number of amides is 1. The van der Waals surface area contributed by atoms with Crippen LogP contribution in [-0.4, -0.2) is 17.9 Å². The molecule has 0 aliphatic heterocycles. The highest BCUT2D eigenvalue weighted by Gasteiger charge is 2.19. The quantitative estimate of drug-likeness (QED) is 0.890. The highest BCUT2D eigenvalue weighted by molar-refractivity contribution is 5.76. The highest BCUT2D eigenvalue weighted by Crippen LogP contribution is 2.20. The lowest BCUT2D eigenvalue weighted by Gasteiger charge is -2.24. The summed E-state index contributed by atoms with van der Waals surface area (Å²) >= 11 is 0. The van der Waals surface area contributed by atoms with Gasteiger partial charge in [-0.1, -0.05) is 45.0 Å². The molecule has 3 nitrogen and oxygen atoms in total. The molecule has 0 fully saturated rings. The number of hydrogen-bond donors (Lipinski definition) is 1. The van der Waals surface area contributed by atoms with Crippen molar-refractivity contribution in [2.45, 2.75) is 40.3 Å². The van der Waals surface area contributed by atoms with Gasteiger partial charge in [-0.25, -0.2) is 0 Å². The molecule has 0 spiro atoms. The maximum absolute atomic E-state index is 12.1. The normalized spacial score (nSPS) is 11.4. The number of carbonyl (C=O) groups is 1. The van der Waals surface area contributed by atoms with Gasteiger partial charge in [-0.05, 0) is 16.5 Å². The van der Waals surface area contributed by atoms with Crippen LogP contribution in [0.15, 0.2) is 24.3 Å². The van der Waals surface area contributed by atoms with Crippen LogP contribution in [0.1, 0.15) is 38.3 Å². The first-order valence-electron chi connectivity index (χ1n) is 6.34. The van der Waals surface area contributed by atoms with Crippen molar-refractivity contribution >= 4 is 5.91 Å². The van der Waals surface area contributed by atoms with Crippen molar-refractivity contribution in [2.75, 3.05) is 7.05 Å². The summed E-state index contributed by atoms with van der Waals surface area (Å²) in [5, 5.41) is 0. The number of hydrogen-bond acceptors (Lipinski definition) is 2. The molecule has 1 aromatic rings. The van der Waals surface area contributed by atoms with Gasteiger partial charge in [0.05, 0.1) is 0 Å². The van der Waals surface area contributed by atoms with Crippen LogP contribution >= 0.6 is 0 Å². The lowest BCUT2D eigenvalue weighted by atomic mass is 9.91. The van der Waals surface area contributed by atoms with Gasteiger partial charge in [0.1, 0.15) is 0 Å². The third kappa shape index (κ3) is 4.49. The van der Waals surface area contributed by atoms with E-state index in [1.54, 1.807) is 4.90 Å². The molecule has 0 saturated heterocycles. The van der Waals surface area contributed by atoms with Gasteiger partial charge in [-0.2, -0.15) is 0 Å². The zero-order chi connectivity index (χ0) is 13.8. The fourth-order valence-electron chi connectivity index (χ4n) is 1.84. The molecular formula is C15H24N2O. The third-order valence-corrected chi connectivity index (χ3v) is 2.85. The number of rotatable bonds is 4. The molecule has 0 saturated carbocycles. The molecule has 18 heavy (non-hydrogen) atoms. The molecule has 0 unspecified atom stereocenters. The number of nitrogens with two attached hydrogens (primary N) is 1. The van der Waals surface area contributed by atoms with Crippen LogP contribution < -0.4 is 5.73 Å². The molecule has 0 aliphatic carbocycles. The third-order valence-electron chi connectivity index (χ3n) is 2.85. The summed E-state index contributed by atoms with van der Waals surface area (Å²) in [5.74, 6) is 0.175. The predicted octanol–water partition coefficient (Wildman–Crippen LogP) is 2.54. The van der Waals surface area contributed by atoms with Crippen LogP contribution in [0.3, 0.4) is 0 Å². The van der Waals surface area contributed by atoms with Gasteiger partial charge in [-0.3, -0.25) is 4.79 Å². The molecule has 0 bridgehead atoms. The average Bonchev–Trinajstić information content (AvgIpc) is 2.27. The molecule has 2 N–H and O–H groups in total. The molecule has 3 heteroatoms. The second-order valence-corrected chi connectivity index (χ2v) is 5.96. The minimum atomic E-state index is 0.0265. The molecule has 0 heterocycles. The second kappa shape index (κ2) is 6.01. The minimum absolute atomic E-state index is 0.0265. The van der Waals surface area contributed by atoms with Crippen molar-refractivity contribution in [3.05, 3.63) is 35.4 Å². The zero-order valence-electron chi connectivity index (χ0n) is 11.9. The summed E-state index contributed by atoms with van der Waals surface area (Å²) in [6.07, 6.45) is 0.564. The Morgan fingerprint density at radius 3 is 2.28 bits per heavy atom. The van der Waals surface area contributed by atoms with Gasteiger partial charge < -0.3 is 10.6 Å². The maximum Gasteiger partial charge on any atom is 0.223 e. The van der Waals surface area contributed by atoms with Gasteiger partial charge in [0.25, 0.3) is 0 Å². The van der Waals surface area contributed by atoms with E-state index in [1.165, 1.54) is 0 Å². The van der Waals surface area contributed by atoms with Crippen molar-refractivity contribution in [3.63, 3.8) is 0 Å². The van der Waals surface area contributed by atoms with Gasteiger partial charge in [0, 0.05) is 26.6 Å². The van der Waals surface area contributed by atoms with E-state index >= 15 is 0 Å². The van der Waals surface area contributed by atoms with Crippen molar-refractivity contribution in [2.24, 2.45) is 11.1 Å². The number of carbonyl (C=O) groups excluding carboxylic acids is 1. The average molecular weight is 248 g/mol. The topological polar surface area (TPSA) is 46.3 Å². The Labute approximate surface area is 110 Å². The summed E-state index contributed by atoms with van der Waals surface area (Å²) in [6, 6.07) is 8.00. The first-order chi connectivity index (χ1) is 8.33. The van der Waals surface area contributed by atoms with Crippen molar-refractivity contribution in [3.8, 4) is 0 Å². The minimum Gasteiger partial charge on any atom is -0.341 e. The standard InChI is InChI=1S/C15H24N2O/c1-15(2,3)9-14(18)17(4)11-13-8-6-5-7-12(13)10-16/h5-8H,9-11,16H2,1-4H3. The van der Waals surface area contributed by atoms with Gasteiger partial charge in [0.2, 0.25) is 5.91 Å². The Morgan fingerprint density at radius 1 is 1.22 bits per heavy atom. The van der Waals surface area contributed by atoms with Crippen LogP contribution in [0.5, 0.6) is 0 Å². The highest BCUT2D eigenvalue weighted by atomic mass is 16.2. The van der Waals surface area contributed by atoms with E-state index in [2.05, 4.69) is 20.8 Å². The Bertz CT molecular complexity index is 407. The number of benzene rings is 1. The molecule has 0 atom stereocenters. The molecule has 1 rings (SSSR count). The Balaban J connectivity index is 2.69. The van der Waals surface area contributed by atoms with E-state index < -0.39 is 0 Å². The summed E-state index contributed by atoms with van der Waals surface area (Å²) in [5.41, 5.74) is 7.96. The zero-order valence-corrected chi connectivity index (χ0v) is 11.9. The summed E-state index contributed by atoms with van der Waals surface area (Å²) in [7, 11) is 1.85. The van der Waals surface area contributed by atoms with Crippen LogP contribution in [0.4, 0.5) is 0 Å². The largest absolute Gasteiger partial charge is 0.341 e. The molecule has 1 aromatic carbocycles. The fraction of sp³-hybridized carbons (Fsp3) is 0.533. The summed E-state index contributed by atoms with van der Waals surface area (Å²) in [6.45, 7) is 7.37. The number of nitrogens with zero attached hydrogens (tertiary/aromatic N) is 1. The van der Waals surface area contributed by atoms with Crippen LogP contribution in [0, 0.1) is 5.41 Å². The predicted molar refractivity (Wildman–Crippen MR) is 74.9 cm³/mol. The van der Waals surface area contributed by atoms with E-state index in [-0.39, 0.29) is 11.3 Å². The summed E-state index contributed by atoms with van der Waals surface area (Å²) in [4.78, 5) is 13.8.